The van der Waals surface area contributed by atoms with Crippen molar-refractivity contribution < 1.29 is 24.2 Å². The van der Waals surface area contributed by atoms with Crippen molar-refractivity contribution in [2.45, 2.75) is 20.5 Å². The summed E-state index contributed by atoms with van der Waals surface area (Å²) in [4.78, 5) is 31.0. The summed E-state index contributed by atoms with van der Waals surface area (Å²) < 4.78 is 11.8. The topological polar surface area (TPSA) is 88.4 Å². The van der Waals surface area contributed by atoms with E-state index in [0.717, 1.165) is 11.1 Å². The Kier molecular flexibility index (Phi) is 8.53. The van der Waals surface area contributed by atoms with E-state index < -0.39 is 5.97 Å². The lowest BCUT2D eigenvalue weighted by Crippen LogP contribution is -2.28. The van der Waals surface area contributed by atoms with E-state index in [1.54, 1.807) is 23.1 Å². The number of carbonyl (C=O) groups excluding carboxylic acids is 1. The zero-order valence-electron chi connectivity index (χ0n) is 20.3. The maximum atomic E-state index is 13.1. The van der Waals surface area contributed by atoms with E-state index in [1.807, 2.05) is 56.3 Å². The summed E-state index contributed by atoms with van der Waals surface area (Å²) >= 11 is 7.20. The molecule has 1 heterocycles. The van der Waals surface area contributed by atoms with Crippen molar-refractivity contribution in [2.75, 3.05) is 13.2 Å². The van der Waals surface area contributed by atoms with Crippen LogP contribution in [0.5, 0.6) is 11.5 Å². The third kappa shape index (κ3) is 6.53. The van der Waals surface area contributed by atoms with E-state index in [0.29, 0.717) is 52.0 Å². The molecule has 1 saturated heterocycles. The van der Waals surface area contributed by atoms with Gasteiger partial charge in [-0.1, -0.05) is 35.9 Å². The first-order valence-electron chi connectivity index (χ1n) is 11.7. The van der Waals surface area contributed by atoms with Crippen LogP contribution in [0.1, 0.15) is 35.3 Å². The maximum absolute atomic E-state index is 13.1. The molecule has 1 N–H and O–H groups in total. The number of hydrogen-bond donors (Lipinski definition) is 1. The molecule has 1 fully saturated rings. The van der Waals surface area contributed by atoms with Crippen molar-refractivity contribution in [2.24, 2.45) is 4.99 Å². The van der Waals surface area contributed by atoms with Gasteiger partial charge in [0.2, 0.25) is 0 Å². The Morgan fingerprint density at radius 2 is 1.84 bits per heavy atom. The van der Waals surface area contributed by atoms with Crippen LogP contribution in [-0.4, -0.2) is 40.2 Å². The number of hydrogen-bond acceptors (Lipinski definition) is 6. The molecule has 0 unspecified atom stereocenters. The Labute approximate surface area is 224 Å². The number of nitrogens with zero attached hydrogens (tertiary/aromatic N) is 2. The van der Waals surface area contributed by atoms with Gasteiger partial charge in [-0.2, -0.15) is 0 Å². The number of rotatable bonds is 9. The largest absolute Gasteiger partial charge is 0.490 e. The van der Waals surface area contributed by atoms with E-state index in [-0.39, 0.29) is 11.5 Å². The summed E-state index contributed by atoms with van der Waals surface area (Å²) in [6.45, 7) is 5.01. The number of aromatic carboxylic acids is 1. The van der Waals surface area contributed by atoms with Gasteiger partial charge in [0.15, 0.2) is 16.7 Å². The summed E-state index contributed by atoms with van der Waals surface area (Å²) in [5, 5.41) is 10.4. The molecule has 4 rings (SSSR count). The second kappa shape index (κ2) is 12.0. The lowest BCUT2D eigenvalue weighted by Gasteiger charge is -2.13. The fraction of sp³-hybridized carbons (Fsp3) is 0.179. The highest BCUT2D eigenvalue weighted by Gasteiger charge is 2.32. The fourth-order valence-electron chi connectivity index (χ4n) is 3.58. The number of carbonyl (C=O) groups is 2. The molecule has 0 aromatic heterocycles. The number of aliphatic imine (C=N–C) groups is 1. The number of benzene rings is 3. The van der Waals surface area contributed by atoms with Gasteiger partial charge in [0.1, 0.15) is 6.61 Å². The normalized spacial score (nSPS) is 15.4. The lowest BCUT2D eigenvalue weighted by molar-refractivity contribution is -0.122. The molecule has 0 bridgehead atoms. The first-order chi connectivity index (χ1) is 17.9. The van der Waals surface area contributed by atoms with Gasteiger partial charge in [-0.25, -0.2) is 9.79 Å². The highest BCUT2D eigenvalue weighted by atomic mass is 35.5. The monoisotopic (exact) mass is 536 g/mol. The van der Waals surface area contributed by atoms with Crippen LogP contribution in [0.25, 0.3) is 6.08 Å². The second-order valence-corrected chi connectivity index (χ2v) is 9.41. The smallest absolute Gasteiger partial charge is 0.335 e. The summed E-state index contributed by atoms with van der Waals surface area (Å²) in [5.41, 5.74) is 2.36. The van der Waals surface area contributed by atoms with Crippen molar-refractivity contribution in [1.29, 1.82) is 0 Å². The molecule has 3 aromatic carbocycles. The van der Waals surface area contributed by atoms with Gasteiger partial charge in [0, 0.05) is 11.6 Å². The molecule has 0 atom stereocenters. The number of thioether (sulfide) groups is 1. The van der Waals surface area contributed by atoms with Crippen molar-refractivity contribution in [3.05, 3.63) is 93.3 Å². The van der Waals surface area contributed by atoms with E-state index in [2.05, 4.69) is 4.99 Å². The number of carboxylic acid groups (broad SMARTS) is 1. The first-order valence-corrected chi connectivity index (χ1v) is 12.8. The van der Waals surface area contributed by atoms with Crippen LogP contribution in [0.4, 0.5) is 5.69 Å². The standard InChI is InChI=1S/C28H25ClN2O5S/c1-3-31-26(32)25(37-28(31)30-22-7-5-6-20(16-22)27(33)34)15-19-10-13-23(24(14-19)35-4-2)36-17-18-8-11-21(29)12-9-18/h5-16H,3-4,17H2,1-2H3,(H,33,34). The SMILES string of the molecule is CCOc1cc(C=C2SC(=Nc3cccc(C(=O)O)c3)N(CC)C2=O)ccc1OCc1ccc(Cl)cc1. The van der Waals surface area contributed by atoms with Crippen molar-refractivity contribution >= 4 is 52.2 Å². The van der Waals surface area contributed by atoms with Crippen molar-refractivity contribution in [1.82, 2.24) is 4.90 Å². The van der Waals surface area contributed by atoms with Gasteiger partial charge in [0.25, 0.3) is 5.91 Å². The third-order valence-corrected chi connectivity index (χ3v) is 6.65. The van der Waals surface area contributed by atoms with Gasteiger partial charge in [-0.05, 0) is 85.3 Å². The van der Waals surface area contributed by atoms with E-state index >= 15 is 0 Å². The van der Waals surface area contributed by atoms with Gasteiger partial charge in [-0.15, -0.1) is 0 Å². The molecule has 0 radical (unpaired) electrons. The molecule has 0 saturated carbocycles. The number of amidine groups is 1. The van der Waals surface area contributed by atoms with Gasteiger partial charge < -0.3 is 14.6 Å². The average Bonchev–Trinajstić information content (AvgIpc) is 3.18. The Bertz CT molecular complexity index is 1370. The van der Waals surface area contributed by atoms with Crippen LogP contribution in [-0.2, 0) is 11.4 Å². The minimum absolute atomic E-state index is 0.136. The summed E-state index contributed by atoms with van der Waals surface area (Å²) in [6.07, 6.45) is 1.79. The first kappa shape index (κ1) is 26.3. The van der Waals surface area contributed by atoms with E-state index in [9.17, 15) is 14.7 Å². The fourth-order valence-corrected chi connectivity index (χ4v) is 4.77. The summed E-state index contributed by atoms with van der Waals surface area (Å²) in [6, 6.07) is 19.3. The predicted octanol–water partition coefficient (Wildman–Crippen LogP) is 6.64. The Balaban J connectivity index is 1.57. The van der Waals surface area contributed by atoms with Crippen LogP contribution in [0.2, 0.25) is 5.02 Å². The van der Waals surface area contributed by atoms with Crippen LogP contribution in [0.3, 0.4) is 0 Å². The van der Waals surface area contributed by atoms with Gasteiger partial charge in [0.05, 0.1) is 22.8 Å². The molecular weight excluding hydrogens is 512 g/mol. The van der Waals surface area contributed by atoms with Gasteiger partial charge >= 0.3 is 5.97 Å². The van der Waals surface area contributed by atoms with Gasteiger partial charge in [-0.3, -0.25) is 9.69 Å². The molecule has 1 aliphatic rings. The Hall–Kier alpha value is -3.75. The highest BCUT2D eigenvalue weighted by molar-refractivity contribution is 8.18. The molecule has 1 amide bonds. The zero-order valence-corrected chi connectivity index (χ0v) is 21.9. The number of amides is 1. The van der Waals surface area contributed by atoms with Crippen LogP contribution in [0.15, 0.2) is 76.6 Å². The lowest BCUT2D eigenvalue weighted by atomic mass is 10.1. The predicted molar refractivity (Wildman–Crippen MR) is 147 cm³/mol. The van der Waals surface area contributed by atoms with Crippen LogP contribution < -0.4 is 9.47 Å². The van der Waals surface area contributed by atoms with Crippen molar-refractivity contribution in [3.8, 4) is 11.5 Å². The Morgan fingerprint density at radius 3 is 2.54 bits per heavy atom. The van der Waals surface area contributed by atoms with E-state index in [1.165, 1.54) is 23.9 Å². The molecule has 7 nitrogen and oxygen atoms in total. The molecule has 37 heavy (non-hydrogen) atoms. The highest BCUT2D eigenvalue weighted by Crippen LogP contribution is 2.36. The quantitative estimate of drug-likeness (QED) is 0.308. The molecule has 190 valence electrons. The number of ether oxygens (including phenoxy) is 2. The molecule has 0 aliphatic carbocycles. The van der Waals surface area contributed by atoms with Crippen molar-refractivity contribution in [3.63, 3.8) is 0 Å². The van der Waals surface area contributed by atoms with Crippen LogP contribution in [0, 0.1) is 0 Å². The number of halogens is 1. The molecule has 0 spiro atoms. The second-order valence-electron chi connectivity index (χ2n) is 7.96. The zero-order chi connectivity index (χ0) is 26.4. The number of carboxylic acids is 1. The summed E-state index contributed by atoms with van der Waals surface area (Å²) in [5.74, 6) is -0.0226. The third-order valence-electron chi connectivity index (χ3n) is 5.40. The minimum Gasteiger partial charge on any atom is -0.490 e. The van der Waals surface area contributed by atoms with Crippen LogP contribution >= 0.6 is 23.4 Å². The molecule has 1 aliphatic heterocycles. The maximum Gasteiger partial charge on any atom is 0.335 e. The average molecular weight is 537 g/mol. The molecule has 3 aromatic rings. The van der Waals surface area contributed by atoms with E-state index in [4.69, 9.17) is 21.1 Å². The summed E-state index contributed by atoms with van der Waals surface area (Å²) in [7, 11) is 0. The minimum atomic E-state index is -1.03. The molecular formula is C28H25ClN2O5S. The molecule has 9 heteroatoms. The Morgan fingerprint density at radius 1 is 1.05 bits per heavy atom. The number of likely N-dealkylation sites (N-methyl/N-ethyl adjacent to an activating group) is 1.